The molecule has 1 atom stereocenters. The first kappa shape index (κ1) is 15.0. The Labute approximate surface area is 91.4 Å². The minimum atomic E-state index is -4.52. The molecule has 16 heavy (non-hydrogen) atoms. The van der Waals surface area contributed by atoms with Gasteiger partial charge in [-0.05, 0) is 13.0 Å². The van der Waals surface area contributed by atoms with Crippen molar-refractivity contribution in [3.05, 3.63) is 0 Å². The molecule has 0 saturated carbocycles. The Bertz CT molecular complexity index is 221. The van der Waals surface area contributed by atoms with Crippen molar-refractivity contribution in [2.75, 3.05) is 26.8 Å². The Morgan fingerprint density at radius 2 is 2.19 bits per heavy atom. The third-order valence-electron chi connectivity index (χ3n) is 1.92. The maximum absolute atomic E-state index is 12.4. The maximum Gasteiger partial charge on any atom is 0.400 e. The van der Waals surface area contributed by atoms with E-state index in [1.54, 1.807) is 0 Å². The second-order valence-electron chi connectivity index (χ2n) is 3.17. The van der Waals surface area contributed by atoms with Crippen LogP contribution >= 0.6 is 0 Å². The average Bonchev–Trinajstić information content (AvgIpc) is 2.20. The Balaban J connectivity index is 4.05. The van der Waals surface area contributed by atoms with Crippen molar-refractivity contribution in [1.82, 2.24) is 5.32 Å². The number of halogens is 3. The lowest BCUT2D eigenvalue weighted by molar-refractivity contribution is -0.154. The number of hydrogen-bond donors (Lipinski definition) is 3. The fourth-order valence-corrected chi connectivity index (χ4v) is 1.05. The molecular formula is C8H16F3N3O2. The molecule has 0 aromatic carbocycles. The Kier molecular flexibility index (Phi) is 6.82. The van der Waals surface area contributed by atoms with Gasteiger partial charge >= 0.3 is 6.18 Å². The number of ether oxygens (including phenoxy) is 1. The van der Waals surface area contributed by atoms with Crippen LogP contribution in [0.25, 0.3) is 0 Å². The summed E-state index contributed by atoms with van der Waals surface area (Å²) >= 11 is 0. The molecule has 4 N–H and O–H groups in total. The molecule has 0 heterocycles. The number of oxime groups is 1. The molecule has 0 rings (SSSR count). The van der Waals surface area contributed by atoms with Crippen molar-refractivity contribution in [2.45, 2.75) is 12.6 Å². The van der Waals surface area contributed by atoms with E-state index in [-0.39, 0.29) is 0 Å². The van der Waals surface area contributed by atoms with Crippen molar-refractivity contribution in [3.63, 3.8) is 0 Å². The first-order valence-electron chi connectivity index (χ1n) is 4.67. The van der Waals surface area contributed by atoms with E-state index in [1.165, 1.54) is 7.11 Å². The summed E-state index contributed by atoms with van der Waals surface area (Å²) in [7, 11) is 1.51. The standard InChI is InChI=1S/C8H16F3N3O2/c1-16-4-2-3-13-5-6(7(12)14-15)8(9,10)11/h6,13,15H,2-5H2,1H3,(H2,12,14). The smallest absolute Gasteiger partial charge is 0.400 e. The molecule has 0 aliphatic rings. The molecule has 0 aliphatic heterocycles. The summed E-state index contributed by atoms with van der Waals surface area (Å²) in [6.45, 7) is 0.426. The second kappa shape index (κ2) is 7.29. The molecule has 1 unspecified atom stereocenters. The van der Waals surface area contributed by atoms with E-state index < -0.39 is 24.5 Å². The van der Waals surface area contributed by atoms with Gasteiger partial charge in [0.15, 0.2) is 5.84 Å². The first-order chi connectivity index (χ1) is 7.43. The van der Waals surface area contributed by atoms with Crippen LogP contribution in [0.2, 0.25) is 0 Å². The van der Waals surface area contributed by atoms with Crippen molar-refractivity contribution < 1.29 is 23.1 Å². The van der Waals surface area contributed by atoms with Gasteiger partial charge in [-0.1, -0.05) is 5.16 Å². The predicted molar refractivity (Wildman–Crippen MR) is 52.3 cm³/mol. The Morgan fingerprint density at radius 3 is 2.62 bits per heavy atom. The molecule has 0 aromatic rings. The zero-order valence-corrected chi connectivity index (χ0v) is 8.92. The maximum atomic E-state index is 12.4. The van der Waals surface area contributed by atoms with Gasteiger partial charge < -0.3 is 21.0 Å². The molecule has 0 saturated heterocycles. The van der Waals surface area contributed by atoms with Crippen LogP contribution in [0, 0.1) is 5.92 Å². The minimum Gasteiger partial charge on any atom is -0.409 e. The molecule has 0 bridgehead atoms. The molecule has 8 heteroatoms. The monoisotopic (exact) mass is 243 g/mol. The minimum absolute atomic E-state index is 0.374. The van der Waals surface area contributed by atoms with Gasteiger partial charge in [0.25, 0.3) is 0 Å². The molecule has 0 fully saturated rings. The summed E-state index contributed by atoms with van der Waals surface area (Å²) in [5.41, 5.74) is 4.96. The van der Waals surface area contributed by atoms with Crippen LogP contribution in [0.15, 0.2) is 5.16 Å². The Morgan fingerprint density at radius 1 is 1.56 bits per heavy atom. The lowest BCUT2D eigenvalue weighted by atomic mass is 10.1. The second-order valence-corrected chi connectivity index (χ2v) is 3.17. The number of amidine groups is 1. The van der Waals surface area contributed by atoms with E-state index in [4.69, 9.17) is 15.7 Å². The summed E-state index contributed by atoms with van der Waals surface area (Å²) in [6.07, 6.45) is -3.93. The number of nitrogens with one attached hydrogen (secondary N) is 1. The van der Waals surface area contributed by atoms with Crippen LogP contribution in [0.1, 0.15) is 6.42 Å². The number of rotatable bonds is 7. The highest BCUT2D eigenvalue weighted by atomic mass is 19.4. The third kappa shape index (κ3) is 5.76. The first-order valence-corrected chi connectivity index (χ1v) is 4.67. The number of alkyl halides is 3. The normalized spacial score (nSPS) is 15.1. The van der Waals surface area contributed by atoms with Gasteiger partial charge in [-0.25, -0.2) is 0 Å². The fourth-order valence-electron chi connectivity index (χ4n) is 1.05. The van der Waals surface area contributed by atoms with Crippen LogP contribution < -0.4 is 11.1 Å². The SMILES string of the molecule is COCCCNCC(C(N)=NO)C(F)(F)F. The number of nitrogens with zero attached hydrogens (tertiary/aromatic N) is 1. The van der Waals surface area contributed by atoms with Crippen LogP contribution in [0.5, 0.6) is 0 Å². The topological polar surface area (TPSA) is 79.9 Å². The van der Waals surface area contributed by atoms with E-state index in [1.807, 2.05) is 0 Å². The highest BCUT2D eigenvalue weighted by Gasteiger charge is 2.42. The molecule has 0 aliphatic carbocycles. The lowest BCUT2D eigenvalue weighted by Crippen LogP contribution is -2.43. The van der Waals surface area contributed by atoms with Gasteiger partial charge in [-0.3, -0.25) is 0 Å². The predicted octanol–water partition coefficient (Wildman–Crippen LogP) is 0.537. The van der Waals surface area contributed by atoms with E-state index in [9.17, 15) is 13.2 Å². The van der Waals surface area contributed by atoms with Crippen molar-refractivity contribution in [1.29, 1.82) is 0 Å². The fraction of sp³-hybridized carbons (Fsp3) is 0.875. The van der Waals surface area contributed by atoms with Crippen molar-refractivity contribution in [3.8, 4) is 0 Å². The number of nitrogens with two attached hydrogens (primary N) is 1. The molecule has 5 nitrogen and oxygen atoms in total. The molecule has 96 valence electrons. The van der Waals surface area contributed by atoms with E-state index in [0.29, 0.717) is 19.6 Å². The van der Waals surface area contributed by atoms with Crippen molar-refractivity contribution >= 4 is 5.84 Å². The molecule has 0 spiro atoms. The number of methoxy groups -OCH3 is 1. The van der Waals surface area contributed by atoms with Gasteiger partial charge in [-0.15, -0.1) is 0 Å². The largest absolute Gasteiger partial charge is 0.409 e. The quantitative estimate of drug-likeness (QED) is 0.200. The molecule has 0 amide bonds. The third-order valence-corrected chi connectivity index (χ3v) is 1.92. The van der Waals surface area contributed by atoms with Gasteiger partial charge in [0.1, 0.15) is 5.92 Å². The summed E-state index contributed by atoms with van der Waals surface area (Å²) in [5, 5.41) is 13.2. The number of hydrogen-bond acceptors (Lipinski definition) is 4. The molecular weight excluding hydrogens is 227 g/mol. The van der Waals surface area contributed by atoms with Gasteiger partial charge in [0, 0.05) is 20.3 Å². The zero-order chi connectivity index (χ0) is 12.6. The van der Waals surface area contributed by atoms with E-state index >= 15 is 0 Å². The summed E-state index contributed by atoms with van der Waals surface area (Å²) in [5.74, 6) is -2.81. The van der Waals surface area contributed by atoms with Gasteiger partial charge in [0.05, 0.1) is 0 Å². The van der Waals surface area contributed by atoms with E-state index in [2.05, 4.69) is 10.5 Å². The summed E-state index contributed by atoms with van der Waals surface area (Å²) in [4.78, 5) is 0. The highest BCUT2D eigenvalue weighted by molar-refractivity contribution is 5.83. The van der Waals surface area contributed by atoms with Gasteiger partial charge in [-0.2, -0.15) is 13.2 Å². The summed E-state index contributed by atoms with van der Waals surface area (Å²) in [6, 6.07) is 0. The summed E-state index contributed by atoms with van der Waals surface area (Å²) < 4.78 is 41.9. The van der Waals surface area contributed by atoms with Crippen LogP contribution in [-0.2, 0) is 4.74 Å². The average molecular weight is 243 g/mol. The van der Waals surface area contributed by atoms with Crippen LogP contribution in [-0.4, -0.2) is 44.0 Å². The highest BCUT2D eigenvalue weighted by Crippen LogP contribution is 2.25. The van der Waals surface area contributed by atoms with Crippen LogP contribution in [0.3, 0.4) is 0 Å². The van der Waals surface area contributed by atoms with Crippen LogP contribution in [0.4, 0.5) is 13.2 Å². The Hall–Kier alpha value is -1.02. The zero-order valence-electron chi connectivity index (χ0n) is 8.92. The lowest BCUT2D eigenvalue weighted by Gasteiger charge is -2.19. The molecule has 0 radical (unpaired) electrons. The van der Waals surface area contributed by atoms with Crippen molar-refractivity contribution in [2.24, 2.45) is 16.8 Å². The van der Waals surface area contributed by atoms with E-state index in [0.717, 1.165) is 0 Å². The molecule has 0 aromatic heterocycles. The van der Waals surface area contributed by atoms with Gasteiger partial charge in [0.2, 0.25) is 0 Å².